The lowest BCUT2D eigenvalue weighted by molar-refractivity contribution is 1.57. The molecule has 0 saturated heterocycles. The van der Waals surface area contributed by atoms with Gasteiger partial charge in [-0.25, -0.2) is 0 Å². The van der Waals surface area contributed by atoms with Crippen LogP contribution in [0.4, 0.5) is 0 Å². The number of rotatable bonds is 6. The fourth-order valence-corrected chi connectivity index (χ4v) is 8.43. The molecular formula is C54H36. The van der Waals surface area contributed by atoms with Crippen molar-refractivity contribution >= 4 is 32.3 Å². The molecule has 0 aliphatic carbocycles. The van der Waals surface area contributed by atoms with Crippen molar-refractivity contribution < 1.29 is 0 Å². The van der Waals surface area contributed by atoms with Crippen molar-refractivity contribution in [2.75, 3.05) is 0 Å². The van der Waals surface area contributed by atoms with E-state index >= 15 is 0 Å². The zero-order valence-electron chi connectivity index (χ0n) is 29.8. The minimum Gasteiger partial charge on any atom is -0.0622 e. The third-order valence-corrected chi connectivity index (χ3v) is 10.9. The smallest absolute Gasteiger partial charge is 0.00266 e. The number of fused-ring (bicyclic) bond motifs is 6. The maximum absolute atomic E-state index is 2.43. The lowest BCUT2D eigenvalue weighted by Crippen LogP contribution is -1.92. The highest BCUT2D eigenvalue weighted by atomic mass is 14.2. The van der Waals surface area contributed by atoms with Crippen LogP contribution >= 0.6 is 0 Å². The van der Waals surface area contributed by atoms with E-state index in [9.17, 15) is 0 Å². The molecule has 0 saturated carbocycles. The molecule has 0 aliphatic rings. The summed E-state index contributed by atoms with van der Waals surface area (Å²) < 4.78 is 0. The SMILES string of the molecule is c1ccc(-c2cccc(-c3ccccc3)c2-c2ccc3c4ccc(-c5c(-c6ccccc6)cccc5-c5ccccc5)cc4c4ccccc4c3c2)cc1. The van der Waals surface area contributed by atoms with Gasteiger partial charge in [0.15, 0.2) is 0 Å². The largest absolute Gasteiger partial charge is 0.0622 e. The first kappa shape index (κ1) is 31.7. The fourth-order valence-electron chi connectivity index (χ4n) is 8.43. The monoisotopic (exact) mass is 684 g/mol. The van der Waals surface area contributed by atoms with E-state index in [4.69, 9.17) is 0 Å². The van der Waals surface area contributed by atoms with Gasteiger partial charge in [-0.2, -0.15) is 0 Å². The average molecular weight is 685 g/mol. The van der Waals surface area contributed by atoms with E-state index in [2.05, 4.69) is 218 Å². The average Bonchev–Trinajstić information content (AvgIpc) is 3.27. The van der Waals surface area contributed by atoms with E-state index in [0.29, 0.717) is 0 Å². The Morgan fingerprint density at radius 1 is 0.167 bits per heavy atom. The van der Waals surface area contributed by atoms with Crippen LogP contribution in [0, 0.1) is 0 Å². The molecule has 54 heavy (non-hydrogen) atoms. The lowest BCUT2D eigenvalue weighted by atomic mass is 9.84. The maximum Gasteiger partial charge on any atom is -0.00266 e. The molecule has 0 aliphatic heterocycles. The van der Waals surface area contributed by atoms with E-state index in [-0.39, 0.29) is 0 Å². The second kappa shape index (κ2) is 13.5. The zero-order chi connectivity index (χ0) is 35.8. The van der Waals surface area contributed by atoms with Crippen LogP contribution in [-0.4, -0.2) is 0 Å². The van der Waals surface area contributed by atoms with Crippen molar-refractivity contribution in [3.63, 3.8) is 0 Å². The van der Waals surface area contributed by atoms with Crippen molar-refractivity contribution in [3.8, 4) is 66.8 Å². The molecule has 0 atom stereocenters. The van der Waals surface area contributed by atoms with Crippen molar-refractivity contribution in [1.82, 2.24) is 0 Å². The minimum absolute atomic E-state index is 1.21. The second-order valence-corrected chi connectivity index (χ2v) is 14.0. The minimum atomic E-state index is 1.21. The highest BCUT2D eigenvalue weighted by Crippen LogP contribution is 2.46. The van der Waals surface area contributed by atoms with Gasteiger partial charge >= 0.3 is 0 Å². The van der Waals surface area contributed by atoms with Gasteiger partial charge in [0.25, 0.3) is 0 Å². The van der Waals surface area contributed by atoms with Gasteiger partial charge in [0.1, 0.15) is 0 Å². The second-order valence-electron chi connectivity index (χ2n) is 14.0. The number of benzene rings is 10. The van der Waals surface area contributed by atoms with Crippen molar-refractivity contribution in [2.24, 2.45) is 0 Å². The zero-order valence-corrected chi connectivity index (χ0v) is 29.8. The molecule has 10 aromatic carbocycles. The summed E-state index contributed by atoms with van der Waals surface area (Å²) >= 11 is 0. The molecule has 0 spiro atoms. The normalized spacial score (nSPS) is 11.3. The molecule has 10 rings (SSSR count). The first-order valence-corrected chi connectivity index (χ1v) is 18.7. The molecule has 0 amide bonds. The Labute approximate surface area is 316 Å². The Bertz CT molecular complexity index is 2600. The van der Waals surface area contributed by atoms with Gasteiger partial charge in [0.2, 0.25) is 0 Å². The standard InChI is InChI=1S/C54H36/c1-5-17-37(18-6-1)43-27-15-28-44(38-19-7-2-8-20-38)53(43)41-31-33-49-50-34-32-42(36-52(50)48-26-14-13-25-47(48)51(49)35-41)54-45(39-21-9-3-10-22-39)29-16-30-46(54)40-23-11-4-12-24-40/h1-36H. The van der Waals surface area contributed by atoms with Gasteiger partial charge < -0.3 is 0 Å². The summed E-state index contributed by atoms with van der Waals surface area (Å²) in [5.41, 5.74) is 14.7. The van der Waals surface area contributed by atoms with Gasteiger partial charge in [-0.15, -0.1) is 0 Å². The third-order valence-electron chi connectivity index (χ3n) is 10.9. The third kappa shape index (κ3) is 5.48. The van der Waals surface area contributed by atoms with Crippen LogP contribution in [-0.2, 0) is 0 Å². The highest BCUT2D eigenvalue weighted by molar-refractivity contribution is 6.26. The van der Waals surface area contributed by atoms with Gasteiger partial charge in [-0.1, -0.05) is 206 Å². The topological polar surface area (TPSA) is 0 Å². The van der Waals surface area contributed by atoms with Gasteiger partial charge in [-0.3, -0.25) is 0 Å². The highest BCUT2D eigenvalue weighted by Gasteiger charge is 2.19. The van der Waals surface area contributed by atoms with Crippen LogP contribution in [0.1, 0.15) is 0 Å². The predicted octanol–water partition coefficient (Wildman–Crippen LogP) is 15.1. The quantitative estimate of drug-likeness (QED) is 0.153. The summed E-state index contributed by atoms with van der Waals surface area (Å²) in [6, 6.07) is 79.7. The Morgan fingerprint density at radius 2 is 0.444 bits per heavy atom. The van der Waals surface area contributed by atoms with Crippen LogP contribution in [0.2, 0.25) is 0 Å². The molecule has 0 heterocycles. The van der Waals surface area contributed by atoms with E-state index in [1.807, 2.05) is 0 Å². The summed E-state index contributed by atoms with van der Waals surface area (Å²) in [7, 11) is 0. The summed E-state index contributed by atoms with van der Waals surface area (Å²) in [5, 5.41) is 7.57. The van der Waals surface area contributed by atoms with Gasteiger partial charge in [-0.05, 0) is 111 Å². The number of hydrogen-bond donors (Lipinski definition) is 0. The lowest BCUT2D eigenvalue weighted by Gasteiger charge is -2.19. The predicted molar refractivity (Wildman–Crippen MR) is 232 cm³/mol. The van der Waals surface area contributed by atoms with Crippen molar-refractivity contribution in [3.05, 3.63) is 218 Å². The maximum atomic E-state index is 2.43. The van der Waals surface area contributed by atoms with E-state index in [1.54, 1.807) is 0 Å². The van der Waals surface area contributed by atoms with Crippen LogP contribution < -0.4 is 0 Å². The molecule has 0 unspecified atom stereocenters. The molecule has 0 heteroatoms. The summed E-state index contributed by atoms with van der Waals surface area (Å²) in [6.07, 6.45) is 0. The summed E-state index contributed by atoms with van der Waals surface area (Å²) in [4.78, 5) is 0. The van der Waals surface area contributed by atoms with Crippen LogP contribution in [0.3, 0.4) is 0 Å². The molecule has 0 fully saturated rings. The van der Waals surface area contributed by atoms with E-state index in [0.717, 1.165) is 0 Å². The molecule has 0 radical (unpaired) electrons. The molecule has 252 valence electrons. The Morgan fingerprint density at radius 3 is 0.759 bits per heavy atom. The van der Waals surface area contributed by atoms with Gasteiger partial charge in [0.05, 0.1) is 0 Å². The van der Waals surface area contributed by atoms with Crippen LogP contribution in [0.5, 0.6) is 0 Å². The molecule has 0 nitrogen and oxygen atoms in total. The molecule has 0 N–H and O–H groups in total. The van der Waals surface area contributed by atoms with Gasteiger partial charge in [0, 0.05) is 0 Å². The fraction of sp³-hybridized carbons (Fsp3) is 0. The summed E-state index contributed by atoms with van der Waals surface area (Å²) in [5.74, 6) is 0. The molecule has 10 aromatic rings. The molecule has 0 aromatic heterocycles. The molecular weight excluding hydrogens is 649 g/mol. The molecule has 0 bridgehead atoms. The van der Waals surface area contributed by atoms with Crippen molar-refractivity contribution in [2.45, 2.75) is 0 Å². The Balaban J connectivity index is 1.23. The van der Waals surface area contributed by atoms with Crippen LogP contribution in [0.15, 0.2) is 218 Å². The number of hydrogen-bond acceptors (Lipinski definition) is 0. The first-order chi connectivity index (χ1) is 26.8. The first-order valence-electron chi connectivity index (χ1n) is 18.7. The summed E-state index contributed by atoms with van der Waals surface area (Å²) in [6.45, 7) is 0. The van der Waals surface area contributed by atoms with E-state index in [1.165, 1.54) is 99.1 Å². The van der Waals surface area contributed by atoms with Crippen LogP contribution in [0.25, 0.3) is 99.1 Å². The Hall–Kier alpha value is -7.02. The Kier molecular flexibility index (Phi) is 7.93. The van der Waals surface area contributed by atoms with Crippen molar-refractivity contribution in [1.29, 1.82) is 0 Å². The van der Waals surface area contributed by atoms with E-state index < -0.39 is 0 Å².